The molecule has 0 rings (SSSR count). The molecule has 0 aliphatic carbocycles. The number of nitrogens with zero attached hydrogens (tertiary/aromatic N) is 1. The number of rotatable bonds is 50. The summed E-state index contributed by atoms with van der Waals surface area (Å²) in [5, 5.41) is 9.69. The molecule has 0 aromatic carbocycles. The summed E-state index contributed by atoms with van der Waals surface area (Å²) in [6.45, 7) is 4.72. The molecule has 9 nitrogen and oxygen atoms in total. The van der Waals surface area contributed by atoms with Gasteiger partial charge in [-0.25, -0.2) is 4.79 Å². The second-order valence-electron chi connectivity index (χ2n) is 19.5. The SMILES string of the molecule is CC/C=C\C/C=C\C/C=C\C/C=C\C/C=C\C/C=C\C/C=C\CCCCCCCC(=O)OC(COC(=O)CCCCCCCCC/C=C\CCCCCCCCC)COC(OCC[N+](C)(C)C)C(=O)O. The van der Waals surface area contributed by atoms with Gasteiger partial charge in [0.2, 0.25) is 0 Å². The fourth-order valence-electron chi connectivity index (χ4n) is 7.28. The third kappa shape index (κ3) is 52.0. The average Bonchev–Trinajstić information content (AvgIpc) is 3.33. The molecule has 0 heterocycles. The molecule has 1 N–H and O–H groups in total. The quantitative estimate of drug-likeness (QED) is 0.0211. The molecule has 0 aliphatic rings. The lowest BCUT2D eigenvalue weighted by molar-refractivity contribution is -0.870. The fourth-order valence-corrected chi connectivity index (χ4v) is 7.28. The first-order valence-electron chi connectivity index (χ1n) is 27.9. The van der Waals surface area contributed by atoms with E-state index in [9.17, 15) is 19.5 Å². The molecule has 2 atom stereocenters. The van der Waals surface area contributed by atoms with Crippen LogP contribution in [-0.4, -0.2) is 87.4 Å². The molecule has 70 heavy (non-hydrogen) atoms. The summed E-state index contributed by atoms with van der Waals surface area (Å²) in [6, 6.07) is 0. The van der Waals surface area contributed by atoms with Gasteiger partial charge in [-0.05, 0) is 96.3 Å². The number of carboxylic acid groups (broad SMARTS) is 1. The van der Waals surface area contributed by atoms with Crippen LogP contribution in [0.15, 0.2) is 97.2 Å². The van der Waals surface area contributed by atoms with E-state index in [1.165, 1.54) is 70.6 Å². The highest BCUT2D eigenvalue weighted by Gasteiger charge is 2.25. The molecule has 0 amide bonds. The molecular weight excluding hydrogens is 875 g/mol. The van der Waals surface area contributed by atoms with Gasteiger partial charge in [0, 0.05) is 12.8 Å². The van der Waals surface area contributed by atoms with Gasteiger partial charge in [0.25, 0.3) is 6.29 Å². The molecule has 0 fully saturated rings. The number of quaternary nitrogens is 1. The largest absolute Gasteiger partial charge is 0.477 e. The first-order chi connectivity index (χ1) is 34.1. The molecule has 9 heteroatoms. The van der Waals surface area contributed by atoms with E-state index >= 15 is 0 Å². The van der Waals surface area contributed by atoms with Crippen molar-refractivity contribution in [3.63, 3.8) is 0 Å². The van der Waals surface area contributed by atoms with Crippen LogP contribution in [-0.2, 0) is 33.3 Å². The minimum Gasteiger partial charge on any atom is -0.477 e. The molecule has 0 saturated heterocycles. The Bertz CT molecular complexity index is 1470. The zero-order chi connectivity index (χ0) is 51.3. The van der Waals surface area contributed by atoms with Crippen molar-refractivity contribution < 1.29 is 42.9 Å². The lowest BCUT2D eigenvalue weighted by Gasteiger charge is -2.25. The number of ether oxygens (including phenoxy) is 4. The second-order valence-corrected chi connectivity index (χ2v) is 19.5. The van der Waals surface area contributed by atoms with E-state index in [4.69, 9.17) is 18.9 Å². The lowest BCUT2D eigenvalue weighted by Crippen LogP contribution is -2.40. The van der Waals surface area contributed by atoms with Crippen LogP contribution in [0, 0.1) is 0 Å². The zero-order valence-electron chi connectivity index (χ0n) is 45.4. The van der Waals surface area contributed by atoms with Crippen molar-refractivity contribution in [1.29, 1.82) is 0 Å². The van der Waals surface area contributed by atoms with Crippen molar-refractivity contribution in [2.24, 2.45) is 0 Å². The summed E-state index contributed by atoms with van der Waals surface area (Å²) in [5.41, 5.74) is 0. The number of carboxylic acids is 1. The number of hydrogen-bond donors (Lipinski definition) is 1. The Morgan fingerprint density at radius 2 is 0.814 bits per heavy atom. The maximum Gasteiger partial charge on any atom is 0.361 e. The van der Waals surface area contributed by atoms with Crippen LogP contribution in [0.25, 0.3) is 0 Å². The van der Waals surface area contributed by atoms with Crippen LogP contribution in [0.5, 0.6) is 0 Å². The van der Waals surface area contributed by atoms with Gasteiger partial charge in [0.15, 0.2) is 6.10 Å². The van der Waals surface area contributed by atoms with Gasteiger partial charge in [0.1, 0.15) is 13.2 Å². The van der Waals surface area contributed by atoms with Gasteiger partial charge >= 0.3 is 17.9 Å². The summed E-state index contributed by atoms with van der Waals surface area (Å²) in [4.78, 5) is 37.4. The van der Waals surface area contributed by atoms with Crippen LogP contribution < -0.4 is 0 Å². The van der Waals surface area contributed by atoms with Crippen molar-refractivity contribution >= 4 is 17.9 Å². The van der Waals surface area contributed by atoms with Gasteiger partial charge in [-0.1, -0.05) is 201 Å². The number of esters is 2. The number of likely N-dealkylation sites (N-methyl/N-ethyl adjacent to an activating group) is 1. The fraction of sp³-hybridized carbons (Fsp3) is 0.689. The first kappa shape index (κ1) is 66.2. The molecular formula is C61H104NO8+. The molecule has 0 aromatic heterocycles. The molecule has 0 aliphatic heterocycles. The summed E-state index contributed by atoms with van der Waals surface area (Å²) < 4.78 is 22.8. The Balaban J connectivity index is 4.36. The predicted molar refractivity (Wildman–Crippen MR) is 295 cm³/mol. The van der Waals surface area contributed by atoms with E-state index in [-0.39, 0.29) is 38.6 Å². The number of aliphatic carboxylic acids is 1. The van der Waals surface area contributed by atoms with Crippen LogP contribution >= 0.6 is 0 Å². The van der Waals surface area contributed by atoms with Crippen LogP contribution in [0.4, 0.5) is 0 Å². The van der Waals surface area contributed by atoms with Crippen LogP contribution in [0.1, 0.15) is 213 Å². The van der Waals surface area contributed by atoms with Gasteiger partial charge in [-0.15, -0.1) is 0 Å². The first-order valence-corrected chi connectivity index (χ1v) is 27.9. The standard InChI is InChI=1S/C61H103NO8/c1-6-8-10-12-14-16-18-20-22-24-26-27-28-29-30-31-32-33-34-36-38-40-42-44-46-48-50-52-59(64)70-57(56-69-61(60(65)66)67-54-53-62(3,4)5)55-68-58(63)51-49-47-45-43-41-39-37-35-25-23-21-19-17-15-13-11-9-7-2/h8,10,14,16,20,22-23,25-27,29-30,32-33,36,38,57,61H,6-7,9,11-13,15,17-19,21,24,28,31,34-35,37,39-56H2,1-5H3/p+1/b10-8-,16-14-,22-20-,25-23-,27-26-,30-29-,33-32-,38-36-. The lowest BCUT2D eigenvalue weighted by atomic mass is 10.1. The summed E-state index contributed by atoms with van der Waals surface area (Å²) in [7, 11) is 5.95. The van der Waals surface area contributed by atoms with E-state index in [0.717, 1.165) is 109 Å². The highest BCUT2D eigenvalue weighted by molar-refractivity contribution is 5.71. The van der Waals surface area contributed by atoms with Crippen LogP contribution in [0.3, 0.4) is 0 Å². The van der Waals surface area contributed by atoms with Crippen molar-refractivity contribution in [2.75, 3.05) is 47.5 Å². The monoisotopic (exact) mass is 979 g/mol. The summed E-state index contributed by atoms with van der Waals surface area (Å²) >= 11 is 0. The van der Waals surface area contributed by atoms with Gasteiger partial charge in [-0.2, -0.15) is 0 Å². The Morgan fingerprint density at radius 1 is 0.443 bits per heavy atom. The minimum atomic E-state index is -1.52. The molecule has 0 bridgehead atoms. The maximum absolute atomic E-state index is 12.9. The van der Waals surface area contributed by atoms with E-state index in [1.54, 1.807) is 0 Å². The Kier molecular flexibility index (Phi) is 48.8. The summed E-state index contributed by atoms with van der Waals surface area (Å²) in [6.07, 6.45) is 66.1. The molecule has 400 valence electrons. The number of carbonyl (C=O) groups is 3. The average molecular weight is 980 g/mol. The maximum atomic E-state index is 12.9. The Hall–Kier alpha value is -3.79. The highest BCUT2D eigenvalue weighted by Crippen LogP contribution is 2.14. The number of hydrogen-bond acceptors (Lipinski definition) is 7. The van der Waals surface area contributed by atoms with E-state index in [0.29, 0.717) is 17.4 Å². The normalized spacial score (nSPS) is 13.6. The van der Waals surface area contributed by atoms with Crippen LogP contribution in [0.2, 0.25) is 0 Å². The Morgan fingerprint density at radius 3 is 1.23 bits per heavy atom. The third-order valence-electron chi connectivity index (χ3n) is 11.6. The third-order valence-corrected chi connectivity index (χ3v) is 11.6. The number of unbranched alkanes of at least 4 members (excludes halogenated alkanes) is 19. The minimum absolute atomic E-state index is 0.178. The van der Waals surface area contributed by atoms with Gasteiger partial charge < -0.3 is 28.5 Å². The zero-order valence-corrected chi connectivity index (χ0v) is 45.4. The van der Waals surface area contributed by atoms with Crippen molar-refractivity contribution in [3.05, 3.63) is 97.2 Å². The molecule has 0 spiro atoms. The second kappa shape index (κ2) is 51.6. The molecule has 0 radical (unpaired) electrons. The summed E-state index contributed by atoms with van der Waals surface area (Å²) in [5.74, 6) is -2.05. The Labute approximate surface area is 429 Å². The molecule has 2 unspecified atom stereocenters. The van der Waals surface area contributed by atoms with E-state index in [2.05, 4.69) is 111 Å². The van der Waals surface area contributed by atoms with E-state index < -0.39 is 24.3 Å². The smallest absolute Gasteiger partial charge is 0.361 e. The van der Waals surface area contributed by atoms with Gasteiger partial charge in [0.05, 0.1) is 34.4 Å². The predicted octanol–water partition coefficient (Wildman–Crippen LogP) is 16.2. The topological polar surface area (TPSA) is 108 Å². The molecule has 0 saturated carbocycles. The number of allylic oxidation sites excluding steroid dienone is 16. The van der Waals surface area contributed by atoms with Gasteiger partial charge in [-0.3, -0.25) is 9.59 Å². The van der Waals surface area contributed by atoms with Crippen molar-refractivity contribution in [2.45, 2.75) is 225 Å². The van der Waals surface area contributed by atoms with Crippen molar-refractivity contribution in [1.82, 2.24) is 0 Å². The number of carbonyl (C=O) groups excluding carboxylic acids is 2. The van der Waals surface area contributed by atoms with Crippen molar-refractivity contribution in [3.8, 4) is 0 Å². The highest BCUT2D eigenvalue weighted by atomic mass is 16.7. The van der Waals surface area contributed by atoms with E-state index in [1.807, 2.05) is 21.1 Å². The molecule has 0 aromatic rings.